The normalized spacial score (nSPS) is 19.6. The summed E-state index contributed by atoms with van der Waals surface area (Å²) in [6, 6.07) is 13.0. The topological polar surface area (TPSA) is 62.1 Å². The first kappa shape index (κ1) is 18.8. The first-order valence-corrected chi connectivity index (χ1v) is 9.57. The van der Waals surface area contributed by atoms with Gasteiger partial charge in [-0.1, -0.05) is 23.7 Å². The Bertz CT molecular complexity index is 939. The van der Waals surface area contributed by atoms with E-state index in [9.17, 15) is 9.50 Å². The molecule has 0 aliphatic carbocycles. The summed E-state index contributed by atoms with van der Waals surface area (Å²) in [5.41, 5.74) is 2.43. The summed E-state index contributed by atoms with van der Waals surface area (Å²) in [5, 5.41) is 9.97. The Morgan fingerprint density at radius 1 is 1.14 bits per heavy atom. The molecule has 5 nitrogen and oxygen atoms in total. The molecule has 4 rings (SSSR count). The van der Waals surface area contributed by atoms with E-state index in [1.54, 1.807) is 12.4 Å². The van der Waals surface area contributed by atoms with Gasteiger partial charge in [-0.15, -0.1) is 0 Å². The summed E-state index contributed by atoms with van der Waals surface area (Å²) in [6.45, 7) is 0.708. The molecule has 28 heavy (non-hydrogen) atoms. The van der Waals surface area contributed by atoms with Gasteiger partial charge in [0, 0.05) is 53.7 Å². The van der Waals surface area contributed by atoms with Gasteiger partial charge in [0.1, 0.15) is 12.0 Å². The number of aliphatic hydroxyl groups excluding tert-OH is 1. The van der Waals surface area contributed by atoms with Crippen LogP contribution >= 0.6 is 11.6 Å². The maximum absolute atomic E-state index is 14.4. The van der Waals surface area contributed by atoms with E-state index in [1.807, 2.05) is 47.4 Å². The molecule has 144 valence electrons. The number of nitrogens with zero attached hydrogens (tertiary/aromatic N) is 4. The molecule has 1 aromatic carbocycles. The Kier molecular flexibility index (Phi) is 5.50. The molecule has 1 N–H and O–H groups in total. The predicted octanol–water partition coefficient (Wildman–Crippen LogP) is 4.02. The molecule has 0 amide bonds. The predicted molar refractivity (Wildman–Crippen MR) is 108 cm³/mol. The summed E-state index contributed by atoms with van der Waals surface area (Å²) >= 11 is 6.01. The number of rotatable bonds is 4. The van der Waals surface area contributed by atoms with E-state index in [4.69, 9.17) is 16.6 Å². The second-order valence-electron chi connectivity index (χ2n) is 6.88. The summed E-state index contributed by atoms with van der Waals surface area (Å²) in [4.78, 5) is 15.4. The minimum atomic E-state index is -1.09. The Morgan fingerprint density at radius 2 is 1.96 bits per heavy atom. The second kappa shape index (κ2) is 8.20. The van der Waals surface area contributed by atoms with Crippen LogP contribution in [-0.2, 0) is 0 Å². The lowest BCUT2D eigenvalue weighted by Crippen LogP contribution is -2.43. The standard InChI is InChI=1S/C21H20ClFN4O/c22-17-5-3-14(4-6-17)19-10-20(27-9-7-16(13-28)18(23)12-27)26-21(25-19)15-2-1-8-24-11-15/h1-6,8,10-11,16,18,28H,7,9,12-13H2/t16-,18-/m0/s1. The molecular formula is C21H20ClFN4O. The van der Waals surface area contributed by atoms with Crippen molar-refractivity contribution in [1.82, 2.24) is 15.0 Å². The fourth-order valence-corrected chi connectivity index (χ4v) is 3.48. The SMILES string of the molecule is OC[C@@H]1CCN(c2cc(-c3ccc(Cl)cc3)nc(-c3cccnc3)n2)C[C@@H]1F. The van der Waals surface area contributed by atoms with Gasteiger partial charge in [-0.05, 0) is 30.7 Å². The summed E-state index contributed by atoms with van der Waals surface area (Å²) in [6.07, 6.45) is 2.90. The van der Waals surface area contributed by atoms with Crippen LogP contribution in [0.15, 0.2) is 54.9 Å². The summed E-state index contributed by atoms with van der Waals surface area (Å²) < 4.78 is 14.4. The van der Waals surface area contributed by atoms with Gasteiger partial charge in [0.25, 0.3) is 0 Å². The molecule has 3 heterocycles. The fraction of sp³-hybridized carbons (Fsp3) is 0.286. The maximum atomic E-state index is 14.4. The number of halogens is 2. The molecule has 1 fully saturated rings. The van der Waals surface area contributed by atoms with Gasteiger partial charge < -0.3 is 10.0 Å². The van der Waals surface area contributed by atoms with Crippen molar-refractivity contribution in [3.05, 3.63) is 59.9 Å². The Morgan fingerprint density at radius 3 is 2.64 bits per heavy atom. The monoisotopic (exact) mass is 398 g/mol. The number of aliphatic hydroxyl groups is 1. The third kappa shape index (κ3) is 3.98. The molecule has 2 atom stereocenters. The lowest BCUT2D eigenvalue weighted by Gasteiger charge is -2.34. The van der Waals surface area contributed by atoms with Crippen LogP contribution in [-0.4, -0.2) is 45.9 Å². The van der Waals surface area contributed by atoms with Crippen LogP contribution in [0.4, 0.5) is 10.2 Å². The first-order chi connectivity index (χ1) is 13.6. The van der Waals surface area contributed by atoms with Crippen molar-refractivity contribution in [2.45, 2.75) is 12.6 Å². The van der Waals surface area contributed by atoms with Gasteiger partial charge in [-0.25, -0.2) is 14.4 Å². The van der Waals surface area contributed by atoms with Crippen molar-refractivity contribution in [3.63, 3.8) is 0 Å². The number of piperidine rings is 1. The zero-order valence-electron chi connectivity index (χ0n) is 15.2. The van der Waals surface area contributed by atoms with Gasteiger partial charge in [0.15, 0.2) is 5.82 Å². The molecule has 7 heteroatoms. The zero-order valence-corrected chi connectivity index (χ0v) is 15.9. The Labute approximate surface area is 167 Å². The molecule has 0 saturated carbocycles. The third-order valence-electron chi connectivity index (χ3n) is 5.01. The van der Waals surface area contributed by atoms with E-state index in [1.165, 1.54) is 0 Å². The lowest BCUT2D eigenvalue weighted by atomic mass is 9.96. The van der Waals surface area contributed by atoms with Crippen molar-refractivity contribution in [1.29, 1.82) is 0 Å². The zero-order chi connectivity index (χ0) is 19.5. The molecule has 1 aliphatic heterocycles. The molecule has 3 aromatic rings. The fourth-order valence-electron chi connectivity index (χ4n) is 3.36. The Balaban J connectivity index is 1.75. The van der Waals surface area contributed by atoms with Crippen LogP contribution in [0.1, 0.15) is 6.42 Å². The molecule has 2 aromatic heterocycles. The molecule has 1 saturated heterocycles. The van der Waals surface area contributed by atoms with Crippen molar-refractivity contribution in [2.75, 3.05) is 24.6 Å². The quantitative estimate of drug-likeness (QED) is 0.719. The van der Waals surface area contributed by atoms with Crippen LogP contribution in [0.25, 0.3) is 22.6 Å². The highest BCUT2D eigenvalue weighted by atomic mass is 35.5. The van der Waals surface area contributed by atoms with E-state index in [0.29, 0.717) is 29.6 Å². The highest BCUT2D eigenvalue weighted by molar-refractivity contribution is 6.30. The van der Waals surface area contributed by atoms with Gasteiger partial charge in [0.2, 0.25) is 0 Å². The molecule has 0 spiro atoms. The maximum Gasteiger partial charge on any atom is 0.163 e. The highest BCUT2D eigenvalue weighted by Crippen LogP contribution is 2.29. The van der Waals surface area contributed by atoms with E-state index < -0.39 is 6.17 Å². The number of benzene rings is 1. The van der Waals surface area contributed by atoms with Crippen LogP contribution in [0.3, 0.4) is 0 Å². The average molecular weight is 399 g/mol. The second-order valence-corrected chi connectivity index (χ2v) is 7.31. The van der Waals surface area contributed by atoms with Crippen molar-refractivity contribution in [2.24, 2.45) is 5.92 Å². The number of anilines is 1. The minimum absolute atomic E-state index is 0.129. The van der Waals surface area contributed by atoms with E-state index in [-0.39, 0.29) is 19.1 Å². The van der Waals surface area contributed by atoms with E-state index in [2.05, 4.69) is 9.97 Å². The smallest absolute Gasteiger partial charge is 0.163 e. The number of alkyl halides is 1. The van der Waals surface area contributed by atoms with Gasteiger partial charge >= 0.3 is 0 Å². The summed E-state index contributed by atoms with van der Waals surface area (Å²) in [5.74, 6) is 0.889. The molecule has 0 unspecified atom stereocenters. The molecular weight excluding hydrogens is 379 g/mol. The summed E-state index contributed by atoms with van der Waals surface area (Å²) in [7, 11) is 0. The van der Waals surface area contributed by atoms with Crippen LogP contribution in [0.2, 0.25) is 5.02 Å². The number of pyridine rings is 1. The number of hydrogen-bond acceptors (Lipinski definition) is 5. The highest BCUT2D eigenvalue weighted by Gasteiger charge is 2.29. The number of aromatic nitrogens is 3. The van der Waals surface area contributed by atoms with E-state index in [0.717, 1.165) is 16.8 Å². The van der Waals surface area contributed by atoms with Crippen molar-refractivity contribution < 1.29 is 9.50 Å². The van der Waals surface area contributed by atoms with Crippen molar-refractivity contribution >= 4 is 17.4 Å². The van der Waals surface area contributed by atoms with Gasteiger partial charge in [0.05, 0.1) is 12.2 Å². The minimum Gasteiger partial charge on any atom is -0.396 e. The third-order valence-corrected chi connectivity index (χ3v) is 5.26. The van der Waals surface area contributed by atoms with E-state index >= 15 is 0 Å². The van der Waals surface area contributed by atoms with Gasteiger partial charge in [-0.3, -0.25) is 4.98 Å². The van der Waals surface area contributed by atoms with Crippen LogP contribution < -0.4 is 4.90 Å². The first-order valence-electron chi connectivity index (χ1n) is 9.19. The Hall–Kier alpha value is -2.57. The molecule has 0 bridgehead atoms. The number of hydrogen-bond donors (Lipinski definition) is 1. The van der Waals surface area contributed by atoms with Crippen molar-refractivity contribution in [3.8, 4) is 22.6 Å². The average Bonchev–Trinajstić information content (AvgIpc) is 2.74. The molecule has 1 aliphatic rings. The van der Waals surface area contributed by atoms with Crippen LogP contribution in [0.5, 0.6) is 0 Å². The largest absolute Gasteiger partial charge is 0.396 e. The van der Waals surface area contributed by atoms with Crippen LogP contribution in [0, 0.1) is 5.92 Å². The molecule has 0 radical (unpaired) electrons. The lowest BCUT2D eigenvalue weighted by molar-refractivity contribution is 0.120. The van der Waals surface area contributed by atoms with Gasteiger partial charge in [-0.2, -0.15) is 0 Å².